The smallest absolute Gasteiger partial charge is 0.00966 e. The summed E-state index contributed by atoms with van der Waals surface area (Å²) in [6.07, 6.45) is 7.28. The van der Waals surface area contributed by atoms with Crippen molar-refractivity contribution in [3.8, 4) is 0 Å². The Morgan fingerprint density at radius 2 is 1.88 bits per heavy atom. The van der Waals surface area contributed by atoms with Crippen molar-refractivity contribution in [2.75, 3.05) is 18.1 Å². The summed E-state index contributed by atoms with van der Waals surface area (Å²) in [5.41, 5.74) is 0.283. The van der Waals surface area contributed by atoms with E-state index in [9.17, 15) is 0 Å². The van der Waals surface area contributed by atoms with Crippen LogP contribution >= 0.6 is 11.8 Å². The molecule has 0 saturated heterocycles. The highest BCUT2D eigenvalue weighted by Gasteiger charge is 2.27. The molecule has 102 valence electrons. The van der Waals surface area contributed by atoms with E-state index in [0.29, 0.717) is 0 Å². The van der Waals surface area contributed by atoms with Crippen molar-refractivity contribution in [3.63, 3.8) is 0 Å². The van der Waals surface area contributed by atoms with Crippen LogP contribution in [0.25, 0.3) is 0 Å². The molecule has 1 N–H and O–H groups in total. The molecule has 1 rings (SSSR count). The molecule has 1 aliphatic carbocycles. The first-order valence-electron chi connectivity index (χ1n) is 7.35. The Kier molecular flexibility index (Phi) is 6.94. The first-order valence-corrected chi connectivity index (χ1v) is 8.51. The Hall–Kier alpha value is 0.310. The molecule has 1 aliphatic rings. The molecular formula is C15H31NS. The minimum Gasteiger partial charge on any atom is -0.312 e. The first kappa shape index (κ1) is 15.4. The molecule has 2 heteroatoms. The Bertz CT molecular complexity index is 198. The van der Waals surface area contributed by atoms with Gasteiger partial charge in [-0.1, -0.05) is 19.8 Å². The fraction of sp³-hybridized carbons (Fsp3) is 1.00. The summed E-state index contributed by atoms with van der Waals surface area (Å²) >= 11 is 2.09. The Morgan fingerprint density at radius 1 is 1.18 bits per heavy atom. The van der Waals surface area contributed by atoms with Gasteiger partial charge in [-0.05, 0) is 69.9 Å². The molecule has 0 spiro atoms. The predicted molar refractivity (Wildman–Crippen MR) is 80.8 cm³/mol. The van der Waals surface area contributed by atoms with Gasteiger partial charge in [0.25, 0.3) is 0 Å². The summed E-state index contributed by atoms with van der Waals surface area (Å²) in [5, 5.41) is 3.69. The van der Waals surface area contributed by atoms with Gasteiger partial charge in [0, 0.05) is 5.54 Å². The highest BCUT2D eigenvalue weighted by atomic mass is 32.2. The standard InChI is InChI=1S/C15H31NS/c1-5-17-11-7-10-13-8-6-9-14(13)12-16-15(2,3)4/h13-14,16H,5-12H2,1-4H3. The first-order chi connectivity index (χ1) is 8.03. The summed E-state index contributed by atoms with van der Waals surface area (Å²) in [7, 11) is 0. The van der Waals surface area contributed by atoms with Gasteiger partial charge in [0.2, 0.25) is 0 Å². The molecule has 0 radical (unpaired) electrons. The number of nitrogens with one attached hydrogen (secondary N) is 1. The molecule has 0 amide bonds. The van der Waals surface area contributed by atoms with Gasteiger partial charge in [0.15, 0.2) is 0 Å². The second-order valence-electron chi connectivity index (χ2n) is 6.42. The molecule has 0 bridgehead atoms. The van der Waals surface area contributed by atoms with E-state index < -0.39 is 0 Å². The van der Waals surface area contributed by atoms with Crippen LogP contribution in [-0.4, -0.2) is 23.6 Å². The highest BCUT2D eigenvalue weighted by Crippen LogP contribution is 2.35. The molecule has 17 heavy (non-hydrogen) atoms. The maximum absolute atomic E-state index is 3.69. The minimum atomic E-state index is 0.283. The lowest BCUT2D eigenvalue weighted by Crippen LogP contribution is -2.39. The molecule has 1 fully saturated rings. The van der Waals surface area contributed by atoms with Gasteiger partial charge in [0.1, 0.15) is 0 Å². The van der Waals surface area contributed by atoms with E-state index in [0.717, 1.165) is 11.8 Å². The monoisotopic (exact) mass is 257 g/mol. The van der Waals surface area contributed by atoms with Crippen molar-refractivity contribution in [2.24, 2.45) is 11.8 Å². The second kappa shape index (κ2) is 7.68. The van der Waals surface area contributed by atoms with E-state index in [1.807, 2.05) is 0 Å². The molecular weight excluding hydrogens is 226 g/mol. The zero-order valence-corrected chi connectivity index (χ0v) is 13.0. The number of hydrogen-bond acceptors (Lipinski definition) is 2. The summed E-state index contributed by atoms with van der Waals surface area (Å²) in [6.45, 7) is 10.3. The fourth-order valence-corrected chi connectivity index (χ4v) is 3.45. The zero-order valence-electron chi connectivity index (χ0n) is 12.2. The van der Waals surface area contributed by atoms with Crippen LogP contribution in [0.3, 0.4) is 0 Å². The van der Waals surface area contributed by atoms with Crippen LogP contribution in [0.5, 0.6) is 0 Å². The quantitative estimate of drug-likeness (QED) is 0.682. The normalized spacial score (nSPS) is 25.4. The number of thioether (sulfide) groups is 1. The largest absolute Gasteiger partial charge is 0.312 e. The summed E-state index contributed by atoms with van der Waals surface area (Å²) < 4.78 is 0. The van der Waals surface area contributed by atoms with Crippen molar-refractivity contribution in [1.29, 1.82) is 0 Å². The lowest BCUT2D eigenvalue weighted by molar-refractivity contribution is 0.306. The zero-order chi connectivity index (χ0) is 12.7. The Morgan fingerprint density at radius 3 is 2.53 bits per heavy atom. The van der Waals surface area contributed by atoms with Crippen LogP contribution in [0, 0.1) is 11.8 Å². The van der Waals surface area contributed by atoms with Crippen molar-refractivity contribution in [2.45, 2.75) is 65.3 Å². The third-order valence-corrected chi connectivity index (χ3v) is 4.76. The summed E-state index contributed by atoms with van der Waals surface area (Å²) in [4.78, 5) is 0. The second-order valence-corrected chi connectivity index (χ2v) is 7.81. The SMILES string of the molecule is CCSCCCC1CCCC1CNC(C)(C)C. The third kappa shape index (κ3) is 6.71. The highest BCUT2D eigenvalue weighted by molar-refractivity contribution is 7.99. The Labute approximate surface area is 113 Å². The minimum absolute atomic E-state index is 0.283. The van der Waals surface area contributed by atoms with Gasteiger partial charge in [0.05, 0.1) is 0 Å². The molecule has 1 nitrogen and oxygen atoms in total. The maximum atomic E-state index is 3.69. The Balaban J connectivity index is 2.19. The average molecular weight is 257 g/mol. The molecule has 0 aromatic carbocycles. The molecule has 0 aliphatic heterocycles. The fourth-order valence-electron chi connectivity index (χ4n) is 2.79. The average Bonchev–Trinajstić information content (AvgIpc) is 2.68. The van der Waals surface area contributed by atoms with Gasteiger partial charge in [-0.25, -0.2) is 0 Å². The predicted octanol–water partition coefficient (Wildman–Crippen LogP) is 4.32. The third-order valence-electron chi connectivity index (χ3n) is 3.78. The lowest BCUT2D eigenvalue weighted by Gasteiger charge is -2.26. The van der Waals surface area contributed by atoms with Crippen molar-refractivity contribution in [1.82, 2.24) is 5.32 Å². The van der Waals surface area contributed by atoms with E-state index in [1.54, 1.807) is 0 Å². The van der Waals surface area contributed by atoms with Gasteiger partial charge in [-0.2, -0.15) is 11.8 Å². The van der Waals surface area contributed by atoms with E-state index in [2.05, 4.69) is 44.8 Å². The van der Waals surface area contributed by atoms with Gasteiger partial charge >= 0.3 is 0 Å². The van der Waals surface area contributed by atoms with Gasteiger partial charge in [-0.3, -0.25) is 0 Å². The van der Waals surface area contributed by atoms with Crippen LogP contribution in [0.2, 0.25) is 0 Å². The van der Waals surface area contributed by atoms with Crippen LogP contribution < -0.4 is 5.32 Å². The topological polar surface area (TPSA) is 12.0 Å². The van der Waals surface area contributed by atoms with Gasteiger partial charge < -0.3 is 5.32 Å². The maximum Gasteiger partial charge on any atom is 0.00966 e. The van der Waals surface area contributed by atoms with Crippen molar-refractivity contribution < 1.29 is 0 Å². The number of hydrogen-bond donors (Lipinski definition) is 1. The number of rotatable bonds is 7. The molecule has 0 heterocycles. The van der Waals surface area contributed by atoms with Crippen molar-refractivity contribution >= 4 is 11.8 Å². The van der Waals surface area contributed by atoms with E-state index >= 15 is 0 Å². The van der Waals surface area contributed by atoms with Crippen molar-refractivity contribution in [3.05, 3.63) is 0 Å². The molecule has 2 unspecified atom stereocenters. The van der Waals surface area contributed by atoms with E-state index in [4.69, 9.17) is 0 Å². The van der Waals surface area contributed by atoms with E-state index in [-0.39, 0.29) is 5.54 Å². The summed E-state index contributed by atoms with van der Waals surface area (Å²) in [5.74, 6) is 4.59. The van der Waals surface area contributed by atoms with Crippen LogP contribution in [0.15, 0.2) is 0 Å². The lowest BCUT2D eigenvalue weighted by atomic mass is 9.91. The van der Waals surface area contributed by atoms with Crippen LogP contribution in [0.1, 0.15) is 59.8 Å². The summed E-state index contributed by atoms with van der Waals surface area (Å²) in [6, 6.07) is 0. The van der Waals surface area contributed by atoms with Crippen LogP contribution in [-0.2, 0) is 0 Å². The molecule has 0 aromatic heterocycles. The molecule has 2 atom stereocenters. The van der Waals surface area contributed by atoms with Gasteiger partial charge in [-0.15, -0.1) is 0 Å². The molecule has 1 saturated carbocycles. The molecule has 0 aromatic rings. The van der Waals surface area contributed by atoms with Crippen LogP contribution in [0.4, 0.5) is 0 Å². The van der Waals surface area contributed by atoms with E-state index in [1.165, 1.54) is 50.2 Å².